The quantitative estimate of drug-likeness (QED) is 0.737. The topological polar surface area (TPSA) is 126 Å². The first-order chi connectivity index (χ1) is 9.49. The van der Waals surface area contributed by atoms with Crippen LogP contribution in [0.5, 0.6) is 5.75 Å². The van der Waals surface area contributed by atoms with Gasteiger partial charge in [0.15, 0.2) is 0 Å². The van der Waals surface area contributed by atoms with Crippen molar-refractivity contribution in [1.82, 2.24) is 15.0 Å². The highest BCUT2D eigenvalue weighted by molar-refractivity contribution is 7.89. The standard InChI is InChI=1S/C11H15N5O3S/c12-7-9-8-16(15-14-9)5-6-19-10-1-3-11(4-2-10)20(13,17)18/h1-4,8H,5-7,12H2,(H2,13,17,18). The Morgan fingerprint density at radius 1 is 1.25 bits per heavy atom. The van der Waals surface area contributed by atoms with Crippen molar-refractivity contribution in [2.45, 2.75) is 18.0 Å². The van der Waals surface area contributed by atoms with E-state index < -0.39 is 10.0 Å². The fourth-order valence-electron chi connectivity index (χ4n) is 1.52. The summed E-state index contributed by atoms with van der Waals surface area (Å²) in [6.07, 6.45) is 1.74. The minimum atomic E-state index is -3.67. The molecule has 0 atom stereocenters. The third-order valence-corrected chi connectivity index (χ3v) is 3.47. The van der Waals surface area contributed by atoms with Crippen LogP contribution in [0.3, 0.4) is 0 Å². The summed E-state index contributed by atoms with van der Waals surface area (Å²) in [6, 6.07) is 5.89. The van der Waals surface area contributed by atoms with Crippen molar-refractivity contribution < 1.29 is 13.2 Å². The molecular formula is C11H15N5O3S. The first-order valence-corrected chi connectivity index (χ1v) is 7.38. The Morgan fingerprint density at radius 2 is 1.95 bits per heavy atom. The maximum absolute atomic E-state index is 11.1. The average Bonchev–Trinajstić information content (AvgIpc) is 2.86. The molecule has 0 fully saturated rings. The molecule has 20 heavy (non-hydrogen) atoms. The van der Waals surface area contributed by atoms with E-state index in [0.717, 1.165) is 0 Å². The summed E-state index contributed by atoms with van der Waals surface area (Å²) in [5.74, 6) is 0.552. The molecule has 2 aromatic rings. The molecule has 9 heteroatoms. The van der Waals surface area contributed by atoms with Gasteiger partial charge in [-0.3, -0.25) is 0 Å². The maximum Gasteiger partial charge on any atom is 0.238 e. The predicted octanol–water partition coefficient (Wildman–Crippen LogP) is -0.537. The summed E-state index contributed by atoms with van der Waals surface area (Å²) in [5.41, 5.74) is 6.14. The van der Waals surface area contributed by atoms with E-state index in [-0.39, 0.29) is 4.90 Å². The molecule has 0 spiro atoms. The summed E-state index contributed by atoms with van der Waals surface area (Å²) in [4.78, 5) is 0.0497. The Morgan fingerprint density at radius 3 is 2.50 bits per heavy atom. The van der Waals surface area contributed by atoms with Crippen LogP contribution in [0.1, 0.15) is 5.69 Å². The van der Waals surface area contributed by atoms with Crippen LogP contribution in [0.4, 0.5) is 0 Å². The Kier molecular flexibility index (Phi) is 4.32. The number of primary sulfonamides is 1. The van der Waals surface area contributed by atoms with Crippen molar-refractivity contribution in [1.29, 1.82) is 0 Å². The van der Waals surface area contributed by atoms with E-state index in [1.54, 1.807) is 23.0 Å². The monoisotopic (exact) mass is 297 g/mol. The number of hydrogen-bond donors (Lipinski definition) is 2. The molecule has 1 aromatic carbocycles. The van der Waals surface area contributed by atoms with Gasteiger partial charge in [0.1, 0.15) is 12.4 Å². The first kappa shape index (κ1) is 14.4. The first-order valence-electron chi connectivity index (χ1n) is 5.84. The SMILES string of the molecule is NCc1cn(CCOc2ccc(S(N)(=O)=O)cc2)nn1. The number of aromatic nitrogens is 3. The van der Waals surface area contributed by atoms with Gasteiger partial charge in [0.05, 0.1) is 17.1 Å². The Labute approximate surface area is 116 Å². The maximum atomic E-state index is 11.1. The lowest BCUT2D eigenvalue weighted by Gasteiger charge is -2.06. The Hall–Kier alpha value is -1.97. The van der Waals surface area contributed by atoms with E-state index in [1.807, 2.05) is 0 Å². The van der Waals surface area contributed by atoms with Gasteiger partial charge in [0, 0.05) is 12.7 Å². The lowest BCUT2D eigenvalue weighted by Crippen LogP contribution is -2.12. The van der Waals surface area contributed by atoms with E-state index in [2.05, 4.69) is 10.3 Å². The van der Waals surface area contributed by atoms with Crippen molar-refractivity contribution in [2.75, 3.05) is 6.61 Å². The number of benzene rings is 1. The summed E-state index contributed by atoms with van der Waals surface area (Å²) in [5, 5.41) is 12.7. The van der Waals surface area contributed by atoms with Crippen LogP contribution in [0.2, 0.25) is 0 Å². The highest BCUT2D eigenvalue weighted by Crippen LogP contribution is 2.14. The second-order valence-electron chi connectivity index (χ2n) is 4.04. The van der Waals surface area contributed by atoms with Crippen LogP contribution in [-0.4, -0.2) is 30.0 Å². The number of nitrogens with zero attached hydrogens (tertiary/aromatic N) is 3. The van der Waals surface area contributed by atoms with E-state index in [4.69, 9.17) is 15.6 Å². The van der Waals surface area contributed by atoms with E-state index in [0.29, 0.717) is 31.1 Å². The van der Waals surface area contributed by atoms with Crippen LogP contribution < -0.4 is 15.6 Å². The Bertz CT molecular complexity index is 666. The van der Waals surface area contributed by atoms with Crippen molar-refractivity contribution in [3.05, 3.63) is 36.2 Å². The van der Waals surface area contributed by atoms with Gasteiger partial charge in [0.25, 0.3) is 0 Å². The fourth-order valence-corrected chi connectivity index (χ4v) is 2.04. The third-order valence-electron chi connectivity index (χ3n) is 2.54. The molecular weight excluding hydrogens is 282 g/mol. The highest BCUT2D eigenvalue weighted by atomic mass is 32.2. The van der Waals surface area contributed by atoms with Crippen LogP contribution in [-0.2, 0) is 23.1 Å². The summed E-state index contributed by atoms with van der Waals surface area (Å²) >= 11 is 0. The second-order valence-corrected chi connectivity index (χ2v) is 5.60. The molecule has 1 aromatic heterocycles. The number of hydrogen-bond acceptors (Lipinski definition) is 6. The number of nitrogens with two attached hydrogens (primary N) is 2. The van der Waals surface area contributed by atoms with Gasteiger partial charge in [0.2, 0.25) is 10.0 Å². The van der Waals surface area contributed by atoms with Gasteiger partial charge >= 0.3 is 0 Å². The third kappa shape index (κ3) is 3.76. The van der Waals surface area contributed by atoms with Gasteiger partial charge in [-0.25, -0.2) is 18.2 Å². The van der Waals surface area contributed by atoms with Gasteiger partial charge in [-0.1, -0.05) is 5.21 Å². The van der Waals surface area contributed by atoms with Gasteiger partial charge in [-0.2, -0.15) is 0 Å². The zero-order valence-corrected chi connectivity index (χ0v) is 11.5. The number of sulfonamides is 1. The van der Waals surface area contributed by atoms with E-state index >= 15 is 0 Å². The molecule has 0 unspecified atom stereocenters. The molecule has 0 saturated heterocycles. The largest absolute Gasteiger partial charge is 0.492 e. The lowest BCUT2D eigenvalue weighted by molar-refractivity contribution is 0.289. The van der Waals surface area contributed by atoms with Crippen molar-refractivity contribution in [3.8, 4) is 5.75 Å². The van der Waals surface area contributed by atoms with Crippen LogP contribution in [0.15, 0.2) is 35.4 Å². The average molecular weight is 297 g/mol. The molecule has 108 valence electrons. The molecule has 8 nitrogen and oxygen atoms in total. The number of ether oxygens (including phenoxy) is 1. The zero-order chi connectivity index (χ0) is 14.6. The lowest BCUT2D eigenvalue weighted by atomic mass is 10.3. The second kappa shape index (κ2) is 5.99. The van der Waals surface area contributed by atoms with Gasteiger partial charge < -0.3 is 10.5 Å². The highest BCUT2D eigenvalue weighted by Gasteiger charge is 2.07. The molecule has 0 bridgehead atoms. The zero-order valence-electron chi connectivity index (χ0n) is 10.6. The molecule has 0 radical (unpaired) electrons. The van der Waals surface area contributed by atoms with Crippen LogP contribution >= 0.6 is 0 Å². The minimum Gasteiger partial charge on any atom is -0.492 e. The van der Waals surface area contributed by atoms with E-state index in [1.165, 1.54) is 12.1 Å². The molecule has 0 aliphatic heterocycles. The van der Waals surface area contributed by atoms with E-state index in [9.17, 15) is 8.42 Å². The summed E-state index contributed by atoms with van der Waals surface area (Å²) < 4.78 is 29.3. The molecule has 2 rings (SSSR count). The number of rotatable bonds is 6. The molecule has 0 amide bonds. The summed E-state index contributed by atoms with van der Waals surface area (Å²) in [7, 11) is -3.67. The minimum absolute atomic E-state index is 0.0497. The van der Waals surface area contributed by atoms with Gasteiger partial charge in [-0.05, 0) is 24.3 Å². The molecule has 0 aliphatic rings. The van der Waals surface area contributed by atoms with Crippen LogP contribution in [0.25, 0.3) is 0 Å². The van der Waals surface area contributed by atoms with Crippen molar-refractivity contribution >= 4 is 10.0 Å². The molecule has 1 heterocycles. The van der Waals surface area contributed by atoms with Crippen molar-refractivity contribution in [2.24, 2.45) is 10.9 Å². The van der Waals surface area contributed by atoms with Gasteiger partial charge in [-0.15, -0.1) is 5.10 Å². The normalized spacial score (nSPS) is 11.5. The molecule has 0 saturated carbocycles. The summed E-state index contributed by atoms with van der Waals surface area (Å²) in [6.45, 7) is 1.24. The van der Waals surface area contributed by atoms with Crippen LogP contribution in [0, 0.1) is 0 Å². The Balaban J connectivity index is 1.88. The predicted molar refractivity (Wildman–Crippen MR) is 71.2 cm³/mol. The fraction of sp³-hybridized carbons (Fsp3) is 0.273. The molecule has 4 N–H and O–H groups in total. The van der Waals surface area contributed by atoms with Crippen molar-refractivity contribution in [3.63, 3.8) is 0 Å². The smallest absolute Gasteiger partial charge is 0.238 e. The molecule has 0 aliphatic carbocycles.